The van der Waals surface area contributed by atoms with Crippen LogP contribution in [0.2, 0.25) is 0 Å². The maximum Gasteiger partial charge on any atom is 0.228 e. The molecule has 1 aromatic rings. The lowest BCUT2D eigenvalue weighted by Gasteiger charge is -2.23. The second-order valence-corrected chi connectivity index (χ2v) is 5.76. The Morgan fingerprint density at radius 1 is 1.28 bits per heavy atom. The van der Waals surface area contributed by atoms with Crippen molar-refractivity contribution in [1.29, 1.82) is 0 Å². The van der Waals surface area contributed by atoms with Crippen molar-refractivity contribution in [3.63, 3.8) is 0 Å². The third kappa shape index (κ3) is 4.02. The fourth-order valence-electron chi connectivity index (χ4n) is 2.94. The SMILES string of the molecule is C=CCN(CC=C)C(=O)C1CC(=O)N(c2ccc(OC)cc2OC)C1. The lowest BCUT2D eigenvalue weighted by molar-refractivity contribution is -0.134. The van der Waals surface area contributed by atoms with Crippen LogP contribution in [0, 0.1) is 5.92 Å². The Balaban J connectivity index is 2.21. The number of anilines is 1. The molecular weight excluding hydrogens is 320 g/mol. The Morgan fingerprint density at radius 3 is 2.52 bits per heavy atom. The van der Waals surface area contributed by atoms with Crippen molar-refractivity contribution in [2.75, 3.05) is 38.8 Å². The smallest absolute Gasteiger partial charge is 0.228 e. The van der Waals surface area contributed by atoms with Gasteiger partial charge in [0, 0.05) is 32.1 Å². The maximum absolute atomic E-state index is 12.7. The van der Waals surface area contributed by atoms with Crippen LogP contribution in [0.5, 0.6) is 11.5 Å². The van der Waals surface area contributed by atoms with Crippen LogP contribution in [0.1, 0.15) is 6.42 Å². The minimum atomic E-state index is -0.390. The van der Waals surface area contributed by atoms with Crippen LogP contribution in [-0.2, 0) is 9.59 Å². The number of rotatable bonds is 8. The van der Waals surface area contributed by atoms with E-state index in [0.29, 0.717) is 36.8 Å². The Morgan fingerprint density at radius 2 is 1.96 bits per heavy atom. The van der Waals surface area contributed by atoms with Gasteiger partial charge in [-0.3, -0.25) is 9.59 Å². The largest absolute Gasteiger partial charge is 0.497 e. The monoisotopic (exact) mass is 344 g/mol. The second-order valence-electron chi connectivity index (χ2n) is 5.76. The van der Waals surface area contributed by atoms with Crippen molar-refractivity contribution in [2.24, 2.45) is 5.92 Å². The first-order chi connectivity index (χ1) is 12.0. The maximum atomic E-state index is 12.7. The van der Waals surface area contributed by atoms with E-state index in [9.17, 15) is 9.59 Å². The number of amides is 2. The van der Waals surface area contributed by atoms with Gasteiger partial charge in [-0.1, -0.05) is 12.2 Å². The molecule has 1 heterocycles. The van der Waals surface area contributed by atoms with Crippen molar-refractivity contribution in [1.82, 2.24) is 4.90 Å². The van der Waals surface area contributed by atoms with Gasteiger partial charge in [0.1, 0.15) is 11.5 Å². The molecule has 25 heavy (non-hydrogen) atoms. The summed E-state index contributed by atoms with van der Waals surface area (Å²) in [6.45, 7) is 8.54. The molecule has 0 saturated carbocycles. The zero-order valence-corrected chi connectivity index (χ0v) is 14.7. The minimum absolute atomic E-state index is 0.0665. The van der Waals surface area contributed by atoms with Gasteiger partial charge >= 0.3 is 0 Å². The highest BCUT2D eigenvalue weighted by Crippen LogP contribution is 2.36. The molecule has 0 aromatic heterocycles. The average molecular weight is 344 g/mol. The van der Waals surface area contributed by atoms with Gasteiger partial charge in [-0.15, -0.1) is 13.2 Å². The molecule has 2 amide bonds. The number of nitrogens with zero attached hydrogens (tertiary/aromatic N) is 2. The lowest BCUT2D eigenvalue weighted by atomic mass is 10.1. The molecule has 1 atom stereocenters. The number of carbonyl (C=O) groups is 2. The quantitative estimate of drug-likeness (QED) is 0.679. The van der Waals surface area contributed by atoms with Crippen LogP contribution in [-0.4, -0.2) is 50.6 Å². The average Bonchev–Trinajstić information content (AvgIpc) is 3.01. The molecule has 0 bridgehead atoms. The van der Waals surface area contributed by atoms with Gasteiger partial charge < -0.3 is 19.3 Å². The van der Waals surface area contributed by atoms with Gasteiger partial charge in [0.2, 0.25) is 11.8 Å². The summed E-state index contributed by atoms with van der Waals surface area (Å²) < 4.78 is 10.6. The first-order valence-corrected chi connectivity index (χ1v) is 8.08. The normalized spacial score (nSPS) is 16.5. The number of hydrogen-bond donors (Lipinski definition) is 0. The first-order valence-electron chi connectivity index (χ1n) is 8.08. The summed E-state index contributed by atoms with van der Waals surface area (Å²) >= 11 is 0. The van der Waals surface area contributed by atoms with Gasteiger partial charge in [-0.25, -0.2) is 0 Å². The summed E-state index contributed by atoms with van der Waals surface area (Å²) in [5.74, 6) is 0.624. The first kappa shape index (κ1) is 18.6. The summed E-state index contributed by atoms with van der Waals surface area (Å²) in [6.07, 6.45) is 3.52. The van der Waals surface area contributed by atoms with Crippen LogP contribution >= 0.6 is 0 Å². The molecule has 2 rings (SSSR count). The van der Waals surface area contributed by atoms with E-state index >= 15 is 0 Å². The second kappa shape index (κ2) is 8.37. The van der Waals surface area contributed by atoms with Gasteiger partial charge in [0.25, 0.3) is 0 Å². The molecule has 1 aromatic carbocycles. The number of hydrogen-bond acceptors (Lipinski definition) is 4. The predicted octanol–water partition coefficient (Wildman–Crippen LogP) is 2.26. The molecule has 1 aliphatic heterocycles. The third-order valence-electron chi connectivity index (χ3n) is 4.16. The van der Waals surface area contributed by atoms with Crippen molar-refractivity contribution in [3.05, 3.63) is 43.5 Å². The fraction of sp³-hybridized carbons (Fsp3) is 0.368. The number of methoxy groups -OCH3 is 2. The highest BCUT2D eigenvalue weighted by Gasteiger charge is 2.37. The predicted molar refractivity (Wildman–Crippen MR) is 97.0 cm³/mol. The molecular formula is C19H24N2O4. The third-order valence-corrected chi connectivity index (χ3v) is 4.16. The Hall–Kier alpha value is -2.76. The van der Waals surface area contributed by atoms with Gasteiger partial charge in [-0.2, -0.15) is 0 Å². The summed E-state index contributed by atoms with van der Waals surface area (Å²) in [6, 6.07) is 5.26. The van der Waals surface area contributed by atoms with Crippen molar-refractivity contribution in [3.8, 4) is 11.5 Å². The van der Waals surface area contributed by atoms with E-state index < -0.39 is 0 Å². The van der Waals surface area contributed by atoms with E-state index in [1.54, 1.807) is 47.3 Å². The van der Waals surface area contributed by atoms with Gasteiger partial charge in [-0.05, 0) is 12.1 Å². The lowest BCUT2D eigenvalue weighted by Crippen LogP contribution is -2.37. The molecule has 1 saturated heterocycles. The molecule has 1 fully saturated rings. The zero-order valence-electron chi connectivity index (χ0n) is 14.7. The van der Waals surface area contributed by atoms with E-state index in [2.05, 4.69) is 13.2 Å². The van der Waals surface area contributed by atoms with E-state index in [1.165, 1.54) is 7.11 Å². The van der Waals surface area contributed by atoms with E-state index in [-0.39, 0.29) is 24.2 Å². The van der Waals surface area contributed by atoms with Crippen molar-refractivity contribution < 1.29 is 19.1 Å². The Kier molecular flexibility index (Phi) is 6.22. The van der Waals surface area contributed by atoms with Crippen molar-refractivity contribution in [2.45, 2.75) is 6.42 Å². The molecule has 1 unspecified atom stereocenters. The van der Waals surface area contributed by atoms with Crippen LogP contribution in [0.3, 0.4) is 0 Å². The van der Waals surface area contributed by atoms with E-state index in [0.717, 1.165) is 0 Å². The minimum Gasteiger partial charge on any atom is -0.497 e. The summed E-state index contributed by atoms with van der Waals surface area (Å²) in [5.41, 5.74) is 0.641. The fourth-order valence-corrected chi connectivity index (χ4v) is 2.94. The number of carbonyl (C=O) groups excluding carboxylic acids is 2. The van der Waals surface area contributed by atoms with Crippen LogP contribution in [0.4, 0.5) is 5.69 Å². The van der Waals surface area contributed by atoms with Crippen LogP contribution in [0.25, 0.3) is 0 Å². The molecule has 0 spiro atoms. The summed E-state index contributed by atoms with van der Waals surface area (Å²) in [7, 11) is 3.11. The molecule has 0 aliphatic carbocycles. The standard InChI is InChI=1S/C19H24N2O4/c1-5-9-20(10-6-2)19(23)14-11-18(22)21(13-14)16-8-7-15(24-3)12-17(16)25-4/h5-8,12,14H,1-2,9-11,13H2,3-4H3. The van der Waals surface area contributed by atoms with Crippen LogP contribution in [0.15, 0.2) is 43.5 Å². The molecule has 6 nitrogen and oxygen atoms in total. The number of ether oxygens (including phenoxy) is 2. The highest BCUT2D eigenvalue weighted by molar-refractivity contribution is 6.01. The van der Waals surface area contributed by atoms with Crippen molar-refractivity contribution >= 4 is 17.5 Å². The molecule has 1 aliphatic rings. The molecule has 0 radical (unpaired) electrons. The molecule has 0 N–H and O–H groups in total. The Labute approximate surface area is 148 Å². The molecule has 134 valence electrons. The Bertz CT molecular complexity index is 661. The zero-order chi connectivity index (χ0) is 18.4. The summed E-state index contributed by atoms with van der Waals surface area (Å²) in [4.78, 5) is 28.4. The van der Waals surface area contributed by atoms with Gasteiger partial charge in [0.15, 0.2) is 0 Å². The topological polar surface area (TPSA) is 59.1 Å². The van der Waals surface area contributed by atoms with E-state index in [1.807, 2.05) is 0 Å². The van der Waals surface area contributed by atoms with Crippen LogP contribution < -0.4 is 14.4 Å². The molecule has 6 heteroatoms. The van der Waals surface area contributed by atoms with E-state index in [4.69, 9.17) is 9.47 Å². The van der Waals surface area contributed by atoms with Gasteiger partial charge in [0.05, 0.1) is 25.8 Å². The number of benzene rings is 1. The highest BCUT2D eigenvalue weighted by atomic mass is 16.5. The summed E-state index contributed by atoms with van der Waals surface area (Å²) in [5, 5.41) is 0.